The molecule has 7 nitrogen and oxygen atoms in total. The van der Waals surface area contributed by atoms with E-state index in [1.807, 2.05) is 13.8 Å². The van der Waals surface area contributed by atoms with E-state index in [9.17, 15) is 9.59 Å². The molecular weight excluding hydrogens is 358 g/mol. The molecule has 26 heavy (non-hydrogen) atoms. The van der Waals surface area contributed by atoms with Crippen molar-refractivity contribution in [1.29, 1.82) is 0 Å². The molecule has 1 atom stereocenters. The van der Waals surface area contributed by atoms with Crippen molar-refractivity contribution >= 4 is 29.9 Å². The summed E-state index contributed by atoms with van der Waals surface area (Å²) in [6.07, 6.45) is 1.41. The van der Waals surface area contributed by atoms with Crippen LogP contribution < -0.4 is 21.1 Å². The van der Waals surface area contributed by atoms with E-state index < -0.39 is 11.9 Å². The van der Waals surface area contributed by atoms with Crippen LogP contribution in [0.5, 0.6) is 5.75 Å². The Labute approximate surface area is 158 Å². The van der Waals surface area contributed by atoms with Crippen molar-refractivity contribution in [3.8, 4) is 5.75 Å². The first-order valence-electron chi connectivity index (χ1n) is 8.09. The van der Waals surface area contributed by atoms with Gasteiger partial charge in [0.05, 0.1) is 6.26 Å². The maximum atomic E-state index is 12.5. The standard InChI is InChI=1S/C18H23N3O4.ClH/c1-12(2)16(21-17(22)15-4-3-10-25-15)18(23)20-13-5-7-14(8-6-13)24-11-9-19;/h3-8,10,12,16H,9,11,19H2,1-2H3,(H,20,23)(H,21,22);1H. The third-order valence-corrected chi connectivity index (χ3v) is 3.49. The minimum absolute atomic E-state index is 0. The molecule has 2 rings (SSSR count). The monoisotopic (exact) mass is 381 g/mol. The number of halogens is 1. The Morgan fingerprint density at radius 3 is 2.42 bits per heavy atom. The van der Waals surface area contributed by atoms with Gasteiger partial charge in [-0.2, -0.15) is 0 Å². The van der Waals surface area contributed by atoms with Crippen molar-refractivity contribution in [2.75, 3.05) is 18.5 Å². The zero-order chi connectivity index (χ0) is 18.2. The topological polar surface area (TPSA) is 107 Å². The van der Waals surface area contributed by atoms with Crippen LogP contribution in [0.1, 0.15) is 24.4 Å². The Morgan fingerprint density at radius 1 is 1.19 bits per heavy atom. The van der Waals surface area contributed by atoms with Crippen LogP contribution in [0.2, 0.25) is 0 Å². The Hall–Kier alpha value is -2.51. The number of hydrogen-bond acceptors (Lipinski definition) is 5. The predicted octanol–water partition coefficient (Wildman–Crippen LogP) is 2.43. The number of nitrogens with two attached hydrogens (primary N) is 1. The van der Waals surface area contributed by atoms with Crippen LogP contribution in [0.15, 0.2) is 47.1 Å². The smallest absolute Gasteiger partial charge is 0.287 e. The lowest BCUT2D eigenvalue weighted by Crippen LogP contribution is -2.47. The van der Waals surface area contributed by atoms with Crippen molar-refractivity contribution in [2.24, 2.45) is 11.7 Å². The molecule has 0 spiro atoms. The maximum absolute atomic E-state index is 12.5. The first-order valence-corrected chi connectivity index (χ1v) is 8.09. The quantitative estimate of drug-likeness (QED) is 0.651. The first-order chi connectivity index (χ1) is 12.0. The lowest BCUT2D eigenvalue weighted by Gasteiger charge is -2.21. The third-order valence-electron chi connectivity index (χ3n) is 3.49. The Bertz CT molecular complexity index is 687. The average molecular weight is 382 g/mol. The third kappa shape index (κ3) is 6.09. The van der Waals surface area contributed by atoms with Crippen LogP contribution in [0.4, 0.5) is 5.69 Å². The highest BCUT2D eigenvalue weighted by molar-refractivity contribution is 6.00. The summed E-state index contributed by atoms with van der Waals surface area (Å²) < 4.78 is 10.4. The van der Waals surface area contributed by atoms with E-state index in [0.29, 0.717) is 24.6 Å². The number of carbonyl (C=O) groups excluding carboxylic acids is 2. The zero-order valence-electron chi connectivity index (χ0n) is 14.7. The van der Waals surface area contributed by atoms with Crippen molar-refractivity contribution in [3.05, 3.63) is 48.4 Å². The van der Waals surface area contributed by atoms with Gasteiger partial charge in [0.1, 0.15) is 18.4 Å². The fourth-order valence-corrected chi connectivity index (χ4v) is 2.19. The molecule has 1 unspecified atom stereocenters. The first kappa shape index (κ1) is 21.5. The number of nitrogens with one attached hydrogen (secondary N) is 2. The van der Waals surface area contributed by atoms with Gasteiger partial charge in [-0.15, -0.1) is 12.4 Å². The molecule has 4 N–H and O–H groups in total. The summed E-state index contributed by atoms with van der Waals surface area (Å²) in [4.78, 5) is 24.6. The van der Waals surface area contributed by atoms with E-state index in [0.717, 1.165) is 0 Å². The maximum Gasteiger partial charge on any atom is 0.287 e. The van der Waals surface area contributed by atoms with Gasteiger partial charge in [0.15, 0.2) is 5.76 Å². The van der Waals surface area contributed by atoms with Gasteiger partial charge < -0.3 is 25.5 Å². The van der Waals surface area contributed by atoms with Crippen molar-refractivity contribution in [1.82, 2.24) is 5.32 Å². The van der Waals surface area contributed by atoms with E-state index in [1.165, 1.54) is 6.26 Å². The van der Waals surface area contributed by atoms with Gasteiger partial charge in [-0.3, -0.25) is 9.59 Å². The highest BCUT2D eigenvalue weighted by Crippen LogP contribution is 2.16. The molecule has 0 fully saturated rings. The number of amides is 2. The molecule has 1 heterocycles. The van der Waals surface area contributed by atoms with Crippen LogP contribution in [-0.2, 0) is 4.79 Å². The number of anilines is 1. The average Bonchev–Trinajstić information content (AvgIpc) is 3.13. The highest BCUT2D eigenvalue weighted by atomic mass is 35.5. The van der Waals surface area contributed by atoms with Gasteiger partial charge in [-0.25, -0.2) is 0 Å². The van der Waals surface area contributed by atoms with Gasteiger partial charge in [0.25, 0.3) is 5.91 Å². The van der Waals surface area contributed by atoms with E-state index in [4.69, 9.17) is 14.9 Å². The summed E-state index contributed by atoms with van der Waals surface area (Å²) >= 11 is 0. The van der Waals surface area contributed by atoms with Crippen molar-refractivity contribution in [2.45, 2.75) is 19.9 Å². The number of furan rings is 1. The molecule has 142 valence electrons. The van der Waals surface area contributed by atoms with E-state index in [2.05, 4.69) is 10.6 Å². The van der Waals surface area contributed by atoms with Gasteiger partial charge in [0.2, 0.25) is 5.91 Å². The molecule has 0 aliphatic carbocycles. The SMILES string of the molecule is CC(C)C(NC(=O)c1ccco1)C(=O)Nc1ccc(OCCN)cc1.Cl. The van der Waals surface area contributed by atoms with Crippen LogP contribution in [0.25, 0.3) is 0 Å². The summed E-state index contributed by atoms with van der Waals surface area (Å²) in [6, 6.07) is 9.43. The van der Waals surface area contributed by atoms with E-state index in [-0.39, 0.29) is 30.0 Å². The van der Waals surface area contributed by atoms with Crippen LogP contribution in [0.3, 0.4) is 0 Å². The van der Waals surface area contributed by atoms with Gasteiger partial charge in [0, 0.05) is 12.2 Å². The molecule has 0 aliphatic heterocycles. The van der Waals surface area contributed by atoms with E-state index >= 15 is 0 Å². The Kier molecular flexibility index (Phi) is 8.67. The molecular formula is C18H24ClN3O4. The second kappa shape index (κ2) is 10.5. The largest absolute Gasteiger partial charge is 0.492 e. The predicted molar refractivity (Wildman–Crippen MR) is 102 cm³/mol. The van der Waals surface area contributed by atoms with Crippen molar-refractivity contribution in [3.63, 3.8) is 0 Å². The van der Waals surface area contributed by atoms with Crippen LogP contribution in [-0.4, -0.2) is 31.0 Å². The minimum Gasteiger partial charge on any atom is -0.492 e. The van der Waals surface area contributed by atoms with Gasteiger partial charge in [-0.05, 0) is 42.3 Å². The lowest BCUT2D eigenvalue weighted by molar-refractivity contribution is -0.118. The van der Waals surface area contributed by atoms with Crippen molar-refractivity contribution < 1.29 is 18.7 Å². The van der Waals surface area contributed by atoms with Crippen LogP contribution in [0, 0.1) is 5.92 Å². The molecule has 1 aromatic carbocycles. The summed E-state index contributed by atoms with van der Waals surface area (Å²) in [5.41, 5.74) is 6.00. The Balaban J connectivity index is 0.00000338. The molecule has 0 bridgehead atoms. The fraction of sp³-hybridized carbons (Fsp3) is 0.333. The van der Waals surface area contributed by atoms with Gasteiger partial charge >= 0.3 is 0 Å². The molecule has 2 aromatic rings. The number of hydrogen-bond donors (Lipinski definition) is 3. The second-order valence-electron chi connectivity index (χ2n) is 5.82. The normalized spacial score (nSPS) is 11.4. The van der Waals surface area contributed by atoms with Gasteiger partial charge in [-0.1, -0.05) is 13.8 Å². The summed E-state index contributed by atoms with van der Waals surface area (Å²) in [5.74, 6) is 0.0239. The minimum atomic E-state index is -0.689. The van der Waals surface area contributed by atoms with E-state index in [1.54, 1.807) is 36.4 Å². The molecule has 8 heteroatoms. The summed E-state index contributed by atoms with van der Waals surface area (Å²) in [5, 5.41) is 5.49. The highest BCUT2D eigenvalue weighted by Gasteiger charge is 2.25. The number of rotatable bonds is 8. The molecule has 0 radical (unpaired) electrons. The molecule has 0 aliphatic rings. The fourth-order valence-electron chi connectivity index (χ4n) is 2.19. The Morgan fingerprint density at radius 2 is 1.88 bits per heavy atom. The molecule has 2 amide bonds. The zero-order valence-corrected chi connectivity index (χ0v) is 15.5. The number of ether oxygens (including phenoxy) is 1. The summed E-state index contributed by atoms with van der Waals surface area (Å²) in [7, 11) is 0. The molecule has 1 aromatic heterocycles. The second-order valence-corrected chi connectivity index (χ2v) is 5.82. The molecule has 0 saturated carbocycles. The lowest BCUT2D eigenvalue weighted by atomic mass is 10.0. The van der Waals surface area contributed by atoms with Crippen LogP contribution >= 0.6 is 12.4 Å². The summed E-state index contributed by atoms with van der Waals surface area (Å²) in [6.45, 7) is 4.58. The number of carbonyl (C=O) groups is 2. The number of benzene rings is 1. The molecule has 0 saturated heterocycles.